The Hall–Kier alpha value is -1.10. The predicted molar refractivity (Wildman–Crippen MR) is 48.6 cm³/mol. The molecule has 2 saturated heterocycles. The van der Waals surface area contributed by atoms with E-state index in [0.717, 1.165) is 13.0 Å². The van der Waals surface area contributed by atoms with Crippen molar-refractivity contribution in [2.24, 2.45) is 17.8 Å². The summed E-state index contributed by atoms with van der Waals surface area (Å²) in [5, 5.41) is 14.8. The van der Waals surface area contributed by atoms with Crippen LogP contribution in [0.5, 0.6) is 0 Å². The van der Waals surface area contributed by atoms with Gasteiger partial charge in [-0.15, -0.1) is 0 Å². The highest BCUT2D eigenvalue weighted by Gasteiger charge is 2.42. The highest BCUT2D eigenvalue weighted by molar-refractivity contribution is 5.83. The van der Waals surface area contributed by atoms with Crippen LogP contribution in [0, 0.1) is 17.8 Å². The summed E-state index contributed by atoms with van der Waals surface area (Å²) in [6.07, 6.45) is 0.750. The Labute approximate surface area is 81.9 Å². The number of piperidine rings is 2. The van der Waals surface area contributed by atoms with Gasteiger partial charge in [-0.05, 0) is 25.4 Å². The van der Waals surface area contributed by atoms with E-state index in [1.54, 1.807) is 0 Å². The van der Waals surface area contributed by atoms with Crippen molar-refractivity contribution in [2.75, 3.05) is 19.6 Å². The lowest BCUT2D eigenvalue weighted by Gasteiger charge is -2.38. The Kier molecular flexibility index (Phi) is 2.41. The first-order valence-electron chi connectivity index (χ1n) is 4.91. The third-order valence-electron chi connectivity index (χ3n) is 3.20. The second-order valence-electron chi connectivity index (χ2n) is 3.95. The van der Waals surface area contributed by atoms with Crippen molar-refractivity contribution in [1.82, 2.24) is 10.6 Å². The number of carbonyl (C=O) groups is 2. The molecule has 0 spiro atoms. The van der Waals surface area contributed by atoms with E-state index in [1.165, 1.54) is 0 Å². The summed E-state index contributed by atoms with van der Waals surface area (Å²) in [6, 6.07) is 0. The molecule has 5 nitrogen and oxygen atoms in total. The number of hydrogen-bond donors (Lipinski definition) is 3. The number of rotatable bonds is 1. The van der Waals surface area contributed by atoms with Crippen molar-refractivity contribution < 1.29 is 14.7 Å². The third kappa shape index (κ3) is 1.48. The van der Waals surface area contributed by atoms with Crippen molar-refractivity contribution in [3.63, 3.8) is 0 Å². The zero-order valence-electron chi connectivity index (χ0n) is 7.82. The van der Waals surface area contributed by atoms with Crippen LogP contribution < -0.4 is 10.6 Å². The molecule has 2 rings (SSSR count). The van der Waals surface area contributed by atoms with Crippen molar-refractivity contribution in [3.05, 3.63) is 0 Å². The van der Waals surface area contributed by atoms with E-state index >= 15 is 0 Å². The number of carbonyl (C=O) groups excluding carboxylic acids is 1. The van der Waals surface area contributed by atoms with Gasteiger partial charge in [-0.25, -0.2) is 0 Å². The number of nitrogens with one attached hydrogen (secondary N) is 2. The van der Waals surface area contributed by atoms with Crippen molar-refractivity contribution >= 4 is 11.9 Å². The molecule has 14 heavy (non-hydrogen) atoms. The molecule has 0 bridgehead atoms. The monoisotopic (exact) mass is 198 g/mol. The topological polar surface area (TPSA) is 78.4 Å². The molecule has 0 radical (unpaired) electrons. The third-order valence-corrected chi connectivity index (χ3v) is 3.20. The van der Waals surface area contributed by atoms with E-state index in [1.807, 2.05) is 0 Å². The van der Waals surface area contributed by atoms with Crippen molar-refractivity contribution in [2.45, 2.75) is 6.42 Å². The maximum Gasteiger partial charge on any atom is 0.308 e. The lowest BCUT2D eigenvalue weighted by atomic mass is 9.74. The lowest BCUT2D eigenvalue weighted by molar-refractivity contribution is -0.148. The molecule has 0 saturated carbocycles. The standard InChI is InChI=1S/C9H14N2O3/c12-8-5-1-2-10-3-6(5)7(4-11-8)9(13)14/h5-7,10H,1-4H2,(H,11,12)(H,13,14). The highest BCUT2D eigenvalue weighted by Crippen LogP contribution is 2.29. The molecule has 3 atom stereocenters. The molecule has 0 aliphatic carbocycles. The van der Waals surface area contributed by atoms with Gasteiger partial charge in [-0.3, -0.25) is 9.59 Å². The summed E-state index contributed by atoms with van der Waals surface area (Å²) in [5.74, 6) is -1.34. The summed E-state index contributed by atoms with van der Waals surface area (Å²) in [7, 11) is 0. The SMILES string of the molecule is O=C(O)C1CNC(=O)C2CCNCC12. The average Bonchev–Trinajstić information content (AvgIpc) is 2.18. The Balaban J connectivity index is 2.16. The lowest BCUT2D eigenvalue weighted by Crippen LogP contribution is -2.56. The van der Waals surface area contributed by atoms with E-state index in [-0.39, 0.29) is 24.3 Å². The molecule has 1 amide bonds. The van der Waals surface area contributed by atoms with Crippen LogP contribution in [0.3, 0.4) is 0 Å². The molecular formula is C9H14N2O3. The number of hydrogen-bond acceptors (Lipinski definition) is 3. The summed E-state index contributed by atoms with van der Waals surface area (Å²) in [5.41, 5.74) is 0. The maximum atomic E-state index is 11.5. The molecule has 0 aromatic carbocycles. The van der Waals surface area contributed by atoms with Gasteiger partial charge < -0.3 is 15.7 Å². The molecule has 2 heterocycles. The summed E-state index contributed by atoms with van der Waals surface area (Å²) in [6.45, 7) is 1.73. The van der Waals surface area contributed by atoms with Gasteiger partial charge in [0.15, 0.2) is 0 Å². The maximum absolute atomic E-state index is 11.5. The largest absolute Gasteiger partial charge is 0.481 e. The molecule has 2 fully saturated rings. The van der Waals surface area contributed by atoms with Crippen LogP contribution in [0.15, 0.2) is 0 Å². The van der Waals surface area contributed by atoms with Gasteiger partial charge in [0.25, 0.3) is 0 Å². The molecule has 3 N–H and O–H groups in total. The van der Waals surface area contributed by atoms with Gasteiger partial charge in [0.2, 0.25) is 5.91 Å². The van der Waals surface area contributed by atoms with Crippen molar-refractivity contribution in [1.29, 1.82) is 0 Å². The van der Waals surface area contributed by atoms with E-state index in [2.05, 4.69) is 10.6 Å². The Bertz CT molecular complexity index is 265. The van der Waals surface area contributed by atoms with Crippen LogP contribution in [0.2, 0.25) is 0 Å². The number of aliphatic carboxylic acids is 1. The summed E-state index contributed by atoms with van der Waals surface area (Å²) in [4.78, 5) is 22.4. The first-order chi connectivity index (χ1) is 6.70. The minimum atomic E-state index is -0.802. The van der Waals surface area contributed by atoms with Crippen LogP contribution in [0.1, 0.15) is 6.42 Å². The molecule has 2 aliphatic heterocycles. The minimum absolute atomic E-state index is 0.0222. The van der Waals surface area contributed by atoms with Crippen LogP contribution in [0.4, 0.5) is 0 Å². The molecule has 3 unspecified atom stereocenters. The smallest absolute Gasteiger partial charge is 0.308 e. The van der Waals surface area contributed by atoms with Gasteiger partial charge in [0, 0.05) is 12.5 Å². The van der Waals surface area contributed by atoms with Crippen LogP contribution in [-0.2, 0) is 9.59 Å². The first kappa shape index (κ1) is 9.45. The van der Waals surface area contributed by atoms with E-state index in [9.17, 15) is 9.59 Å². The zero-order valence-corrected chi connectivity index (χ0v) is 7.82. The normalized spacial score (nSPS) is 37.1. The molecule has 2 aliphatic rings. The minimum Gasteiger partial charge on any atom is -0.481 e. The van der Waals surface area contributed by atoms with Crippen molar-refractivity contribution in [3.8, 4) is 0 Å². The predicted octanol–water partition coefficient (Wildman–Crippen LogP) is -0.957. The molecule has 0 aromatic rings. The molecule has 5 heteroatoms. The number of carboxylic acids is 1. The summed E-state index contributed by atoms with van der Waals surface area (Å²) < 4.78 is 0. The fraction of sp³-hybridized carbons (Fsp3) is 0.778. The second-order valence-corrected chi connectivity index (χ2v) is 3.95. The molecular weight excluding hydrogens is 184 g/mol. The quantitative estimate of drug-likeness (QED) is 0.507. The van der Waals surface area contributed by atoms with E-state index < -0.39 is 11.9 Å². The van der Waals surface area contributed by atoms with Crippen LogP contribution in [-0.4, -0.2) is 36.6 Å². The fourth-order valence-electron chi connectivity index (χ4n) is 2.39. The van der Waals surface area contributed by atoms with E-state index in [0.29, 0.717) is 6.54 Å². The molecule has 0 aromatic heterocycles. The van der Waals surface area contributed by atoms with Gasteiger partial charge >= 0.3 is 5.97 Å². The Morgan fingerprint density at radius 1 is 1.43 bits per heavy atom. The molecule has 78 valence electrons. The number of amides is 1. The van der Waals surface area contributed by atoms with E-state index in [4.69, 9.17) is 5.11 Å². The highest BCUT2D eigenvalue weighted by atomic mass is 16.4. The second kappa shape index (κ2) is 3.57. The van der Waals surface area contributed by atoms with Gasteiger partial charge in [-0.1, -0.05) is 0 Å². The summed E-state index contributed by atoms with van der Waals surface area (Å²) >= 11 is 0. The Morgan fingerprint density at radius 2 is 2.21 bits per heavy atom. The number of fused-ring (bicyclic) bond motifs is 1. The average molecular weight is 198 g/mol. The zero-order chi connectivity index (χ0) is 10.1. The first-order valence-corrected chi connectivity index (χ1v) is 4.91. The number of carboxylic acid groups (broad SMARTS) is 1. The van der Waals surface area contributed by atoms with Gasteiger partial charge in [0.05, 0.1) is 5.92 Å². The fourth-order valence-corrected chi connectivity index (χ4v) is 2.39. The Morgan fingerprint density at radius 3 is 2.93 bits per heavy atom. The van der Waals surface area contributed by atoms with Gasteiger partial charge in [0.1, 0.15) is 0 Å². The van der Waals surface area contributed by atoms with Crippen LogP contribution in [0.25, 0.3) is 0 Å². The van der Waals surface area contributed by atoms with Gasteiger partial charge in [-0.2, -0.15) is 0 Å². The van der Waals surface area contributed by atoms with Crippen LogP contribution >= 0.6 is 0 Å².